The summed E-state index contributed by atoms with van der Waals surface area (Å²) in [6.45, 7) is 0. The first-order valence-electron chi connectivity index (χ1n) is 3.85. The van der Waals surface area contributed by atoms with Crippen molar-refractivity contribution in [1.29, 1.82) is 0 Å². The monoisotopic (exact) mass is 155 g/mol. The number of hydrogen-bond donors (Lipinski definition) is 2. The van der Waals surface area contributed by atoms with Crippen molar-refractivity contribution in [1.82, 2.24) is 0 Å². The van der Waals surface area contributed by atoms with Gasteiger partial charge in [0.05, 0.1) is 0 Å². The van der Waals surface area contributed by atoms with Crippen LogP contribution < -0.4 is 5.73 Å². The highest BCUT2D eigenvalue weighted by Gasteiger charge is 2.22. The molecule has 0 aromatic rings. The molecule has 0 amide bonds. The minimum Gasteiger partial charge on any atom is -0.478 e. The van der Waals surface area contributed by atoms with Crippen LogP contribution in [0.4, 0.5) is 0 Å². The van der Waals surface area contributed by atoms with Gasteiger partial charge in [-0.25, -0.2) is 4.79 Å². The molecule has 3 N–H and O–H groups in total. The Morgan fingerprint density at radius 3 is 2.82 bits per heavy atom. The van der Waals surface area contributed by atoms with E-state index >= 15 is 0 Å². The van der Waals surface area contributed by atoms with E-state index in [1.807, 2.05) is 0 Å². The summed E-state index contributed by atoms with van der Waals surface area (Å²) < 4.78 is 0. The van der Waals surface area contributed by atoms with Crippen LogP contribution in [-0.4, -0.2) is 17.1 Å². The van der Waals surface area contributed by atoms with Crippen LogP contribution in [0.25, 0.3) is 0 Å². The molecule has 0 heterocycles. The lowest BCUT2D eigenvalue weighted by atomic mass is 10.1. The van der Waals surface area contributed by atoms with E-state index in [4.69, 9.17) is 10.8 Å². The molecule has 1 rings (SSSR count). The zero-order chi connectivity index (χ0) is 8.27. The highest BCUT2D eigenvalue weighted by Crippen LogP contribution is 2.33. The highest BCUT2D eigenvalue weighted by molar-refractivity contribution is 5.79. The van der Waals surface area contributed by atoms with Crippen molar-refractivity contribution in [2.24, 2.45) is 11.7 Å². The molecule has 1 fully saturated rings. The largest absolute Gasteiger partial charge is 0.478 e. The Hall–Kier alpha value is -0.830. The zero-order valence-electron chi connectivity index (χ0n) is 6.36. The summed E-state index contributed by atoms with van der Waals surface area (Å²) in [6.07, 6.45) is 6.13. The van der Waals surface area contributed by atoms with Gasteiger partial charge in [-0.2, -0.15) is 0 Å². The van der Waals surface area contributed by atoms with Crippen LogP contribution in [0.5, 0.6) is 0 Å². The summed E-state index contributed by atoms with van der Waals surface area (Å²) in [5.41, 5.74) is 5.61. The van der Waals surface area contributed by atoms with Gasteiger partial charge in [0.15, 0.2) is 0 Å². The van der Waals surface area contributed by atoms with Crippen molar-refractivity contribution < 1.29 is 9.90 Å². The van der Waals surface area contributed by atoms with Crippen molar-refractivity contribution in [3.05, 3.63) is 12.2 Å². The maximum absolute atomic E-state index is 10.1. The van der Waals surface area contributed by atoms with Crippen molar-refractivity contribution in [2.45, 2.75) is 25.3 Å². The molecule has 11 heavy (non-hydrogen) atoms. The molecule has 0 aliphatic heterocycles. The Morgan fingerprint density at radius 2 is 2.36 bits per heavy atom. The third-order valence-electron chi connectivity index (χ3n) is 1.79. The van der Waals surface area contributed by atoms with Gasteiger partial charge >= 0.3 is 5.97 Å². The second-order valence-electron chi connectivity index (χ2n) is 3.04. The van der Waals surface area contributed by atoms with E-state index in [2.05, 4.69) is 0 Å². The highest BCUT2D eigenvalue weighted by atomic mass is 16.4. The first-order valence-corrected chi connectivity index (χ1v) is 3.85. The van der Waals surface area contributed by atoms with E-state index in [1.165, 1.54) is 12.8 Å². The normalized spacial score (nSPS) is 20.5. The summed E-state index contributed by atoms with van der Waals surface area (Å²) in [6, 6.07) is -0.0707. The third kappa shape index (κ3) is 3.78. The number of nitrogens with two attached hydrogens (primary N) is 1. The minimum absolute atomic E-state index is 0.0707. The number of aliphatic carboxylic acids is 1. The van der Waals surface area contributed by atoms with Crippen molar-refractivity contribution in [2.75, 3.05) is 0 Å². The van der Waals surface area contributed by atoms with Crippen LogP contribution in [0, 0.1) is 5.92 Å². The molecule has 0 aromatic carbocycles. The molecule has 3 nitrogen and oxygen atoms in total. The van der Waals surface area contributed by atoms with Crippen LogP contribution in [0.15, 0.2) is 12.2 Å². The summed E-state index contributed by atoms with van der Waals surface area (Å²) in [7, 11) is 0. The summed E-state index contributed by atoms with van der Waals surface area (Å²) in [5.74, 6) is -0.167. The number of carbonyl (C=O) groups is 1. The fourth-order valence-electron chi connectivity index (χ4n) is 1.02. The summed E-state index contributed by atoms with van der Waals surface area (Å²) in [5, 5.41) is 8.27. The Morgan fingerprint density at radius 1 is 1.73 bits per heavy atom. The Balaban J connectivity index is 2.17. The van der Waals surface area contributed by atoms with Gasteiger partial charge in [0, 0.05) is 12.1 Å². The zero-order valence-corrected chi connectivity index (χ0v) is 6.36. The molecule has 1 aliphatic carbocycles. The van der Waals surface area contributed by atoms with E-state index in [0.29, 0.717) is 0 Å². The van der Waals surface area contributed by atoms with Gasteiger partial charge in [0.25, 0.3) is 0 Å². The Kier molecular flexibility index (Phi) is 2.65. The molecule has 0 spiro atoms. The standard InChI is InChI=1S/C8H13NO2/c9-7(3-4-8(10)11)5-6-1-2-6/h3-4,6-7H,1-2,5,9H2,(H,10,11)/t7-/m1/s1. The predicted octanol–water partition coefficient (Wildman–Crippen LogP) is 0.755. The SMILES string of the molecule is N[C@H](C=CC(=O)O)CC1CC1. The third-order valence-corrected chi connectivity index (χ3v) is 1.79. The van der Waals surface area contributed by atoms with Crippen LogP contribution >= 0.6 is 0 Å². The van der Waals surface area contributed by atoms with Gasteiger partial charge in [0.2, 0.25) is 0 Å². The molecule has 0 radical (unpaired) electrons. The smallest absolute Gasteiger partial charge is 0.328 e. The predicted molar refractivity (Wildman–Crippen MR) is 42.1 cm³/mol. The topological polar surface area (TPSA) is 63.3 Å². The molecule has 1 aliphatic rings. The van der Waals surface area contributed by atoms with Crippen molar-refractivity contribution in [3.8, 4) is 0 Å². The minimum atomic E-state index is -0.920. The van der Waals surface area contributed by atoms with Crippen LogP contribution in [0.2, 0.25) is 0 Å². The quantitative estimate of drug-likeness (QED) is 0.589. The molecule has 0 bridgehead atoms. The molecule has 1 saturated carbocycles. The molecule has 3 heteroatoms. The maximum Gasteiger partial charge on any atom is 0.328 e. The number of hydrogen-bond acceptors (Lipinski definition) is 2. The molecule has 1 atom stereocenters. The van der Waals surface area contributed by atoms with Crippen LogP contribution in [0.1, 0.15) is 19.3 Å². The van der Waals surface area contributed by atoms with Crippen LogP contribution in [0.3, 0.4) is 0 Å². The fourth-order valence-corrected chi connectivity index (χ4v) is 1.02. The summed E-state index contributed by atoms with van der Waals surface area (Å²) >= 11 is 0. The first-order chi connectivity index (χ1) is 5.18. The lowest BCUT2D eigenvalue weighted by Gasteiger charge is -2.02. The Labute approximate surface area is 65.9 Å². The van der Waals surface area contributed by atoms with E-state index < -0.39 is 5.97 Å². The first kappa shape index (κ1) is 8.27. The van der Waals surface area contributed by atoms with Crippen molar-refractivity contribution >= 4 is 5.97 Å². The van der Waals surface area contributed by atoms with Gasteiger partial charge < -0.3 is 10.8 Å². The lowest BCUT2D eigenvalue weighted by molar-refractivity contribution is -0.131. The second kappa shape index (κ2) is 3.53. The maximum atomic E-state index is 10.1. The average Bonchev–Trinajstić information content (AvgIpc) is 2.67. The molecule has 0 unspecified atom stereocenters. The van der Waals surface area contributed by atoms with Crippen LogP contribution in [-0.2, 0) is 4.79 Å². The lowest BCUT2D eigenvalue weighted by Crippen LogP contribution is -2.17. The molecule has 0 saturated heterocycles. The molecule has 0 aromatic heterocycles. The van der Waals surface area contributed by atoms with E-state index in [-0.39, 0.29) is 6.04 Å². The van der Waals surface area contributed by atoms with Gasteiger partial charge in [0.1, 0.15) is 0 Å². The Bertz CT molecular complexity index is 173. The molecule has 62 valence electrons. The van der Waals surface area contributed by atoms with Gasteiger partial charge in [-0.1, -0.05) is 18.9 Å². The molecular formula is C8H13NO2. The van der Waals surface area contributed by atoms with Crippen molar-refractivity contribution in [3.63, 3.8) is 0 Å². The van der Waals surface area contributed by atoms with Gasteiger partial charge in [-0.3, -0.25) is 0 Å². The van der Waals surface area contributed by atoms with E-state index in [0.717, 1.165) is 18.4 Å². The molecular weight excluding hydrogens is 142 g/mol. The van der Waals surface area contributed by atoms with E-state index in [1.54, 1.807) is 6.08 Å². The number of carboxylic acid groups (broad SMARTS) is 1. The van der Waals surface area contributed by atoms with E-state index in [9.17, 15) is 4.79 Å². The number of carboxylic acids is 1. The average molecular weight is 155 g/mol. The van der Waals surface area contributed by atoms with Gasteiger partial charge in [-0.05, 0) is 12.3 Å². The summed E-state index contributed by atoms with van der Waals surface area (Å²) in [4.78, 5) is 10.1. The number of rotatable bonds is 4. The van der Waals surface area contributed by atoms with Gasteiger partial charge in [-0.15, -0.1) is 0 Å². The second-order valence-corrected chi connectivity index (χ2v) is 3.04. The fraction of sp³-hybridized carbons (Fsp3) is 0.625.